The Morgan fingerprint density at radius 2 is 1.65 bits per heavy atom. The van der Waals surface area contributed by atoms with Crippen molar-refractivity contribution in [1.82, 2.24) is 5.16 Å². The standard InChI is InChI=1S/C13H13Br2NO/c1-13(2,3)9-6-4-8(5-7-9)11-10(14)12(15)17-16-11/h4-7H,1-3H3. The monoisotopic (exact) mass is 357 g/mol. The minimum Gasteiger partial charge on any atom is -0.347 e. The van der Waals surface area contributed by atoms with Gasteiger partial charge in [-0.3, -0.25) is 0 Å². The summed E-state index contributed by atoms with van der Waals surface area (Å²) in [7, 11) is 0. The van der Waals surface area contributed by atoms with Gasteiger partial charge in [0.05, 0.1) is 4.47 Å². The van der Waals surface area contributed by atoms with Gasteiger partial charge in [0.1, 0.15) is 5.69 Å². The number of hydrogen-bond acceptors (Lipinski definition) is 2. The number of hydrogen-bond donors (Lipinski definition) is 0. The van der Waals surface area contributed by atoms with E-state index in [0.29, 0.717) is 4.67 Å². The fourth-order valence-corrected chi connectivity index (χ4v) is 2.20. The molecule has 0 bridgehead atoms. The zero-order valence-corrected chi connectivity index (χ0v) is 13.1. The van der Waals surface area contributed by atoms with Crippen molar-refractivity contribution < 1.29 is 4.52 Å². The van der Waals surface area contributed by atoms with E-state index in [1.54, 1.807) is 0 Å². The molecule has 0 N–H and O–H groups in total. The number of benzene rings is 1. The summed E-state index contributed by atoms with van der Waals surface area (Å²) >= 11 is 6.73. The lowest BCUT2D eigenvalue weighted by molar-refractivity contribution is 0.401. The van der Waals surface area contributed by atoms with E-state index in [1.807, 2.05) is 0 Å². The Balaban J connectivity index is 2.40. The molecule has 0 atom stereocenters. The lowest BCUT2D eigenvalue weighted by Gasteiger charge is -2.18. The topological polar surface area (TPSA) is 26.0 Å². The summed E-state index contributed by atoms with van der Waals surface area (Å²) in [6.45, 7) is 6.60. The number of rotatable bonds is 1. The number of nitrogens with zero attached hydrogens (tertiary/aromatic N) is 1. The fourth-order valence-electron chi connectivity index (χ4n) is 1.57. The summed E-state index contributed by atoms with van der Waals surface area (Å²) in [6, 6.07) is 8.39. The highest BCUT2D eigenvalue weighted by molar-refractivity contribution is 9.13. The van der Waals surface area contributed by atoms with Gasteiger partial charge in [0.15, 0.2) is 0 Å². The van der Waals surface area contributed by atoms with E-state index >= 15 is 0 Å². The highest BCUT2D eigenvalue weighted by Crippen LogP contribution is 2.34. The molecule has 2 aromatic rings. The molecule has 4 heteroatoms. The third-order valence-corrected chi connectivity index (χ3v) is 4.43. The highest BCUT2D eigenvalue weighted by Gasteiger charge is 2.16. The molecule has 90 valence electrons. The van der Waals surface area contributed by atoms with E-state index in [2.05, 4.69) is 82.1 Å². The molecule has 1 heterocycles. The molecule has 0 aliphatic heterocycles. The Hall–Kier alpha value is -0.610. The molecule has 0 radical (unpaired) electrons. The Morgan fingerprint density at radius 1 is 1.06 bits per heavy atom. The molecule has 2 rings (SSSR count). The van der Waals surface area contributed by atoms with Gasteiger partial charge >= 0.3 is 0 Å². The van der Waals surface area contributed by atoms with Crippen LogP contribution >= 0.6 is 31.9 Å². The largest absolute Gasteiger partial charge is 0.347 e. The van der Waals surface area contributed by atoms with E-state index in [0.717, 1.165) is 15.7 Å². The predicted octanol–water partition coefficient (Wildman–Crippen LogP) is 5.16. The Bertz CT molecular complexity index is 523. The predicted molar refractivity (Wildman–Crippen MR) is 76.0 cm³/mol. The molecule has 0 aliphatic rings. The van der Waals surface area contributed by atoms with E-state index in [1.165, 1.54) is 5.56 Å². The molecule has 1 aromatic carbocycles. The molecule has 0 spiro atoms. The molecule has 0 saturated carbocycles. The molecular weight excluding hydrogens is 346 g/mol. The second-order valence-corrected chi connectivity index (χ2v) is 6.46. The fraction of sp³-hybridized carbons (Fsp3) is 0.308. The van der Waals surface area contributed by atoms with Gasteiger partial charge in [0.25, 0.3) is 0 Å². The van der Waals surface area contributed by atoms with Gasteiger partial charge in [-0.2, -0.15) is 0 Å². The first kappa shape index (κ1) is 12.8. The zero-order chi connectivity index (χ0) is 12.6. The summed E-state index contributed by atoms with van der Waals surface area (Å²) in [6.07, 6.45) is 0. The van der Waals surface area contributed by atoms with Crippen molar-refractivity contribution in [3.8, 4) is 11.3 Å². The summed E-state index contributed by atoms with van der Waals surface area (Å²) in [4.78, 5) is 0. The van der Waals surface area contributed by atoms with Crippen LogP contribution in [0.3, 0.4) is 0 Å². The van der Waals surface area contributed by atoms with E-state index in [-0.39, 0.29) is 5.41 Å². The van der Waals surface area contributed by atoms with E-state index in [4.69, 9.17) is 4.52 Å². The van der Waals surface area contributed by atoms with Crippen molar-refractivity contribution in [3.63, 3.8) is 0 Å². The maximum atomic E-state index is 5.07. The van der Waals surface area contributed by atoms with Crippen LogP contribution in [0.15, 0.2) is 37.9 Å². The molecule has 0 aliphatic carbocycles. The van der Waals surface area contributed by atoms with Crippen LogP contribution in [0.5, 0.6) is 0 Å². The normalized spacial score (nSPS) is 11.8. The summed E-state index contributed by atoms with van der Waals surface area (Å²) in [5.41, 5.74) is 3.33. The van der Waals surface area contributed by atoms with E-state index in [9.17, 15) is 0 Å². The average Bonchev–Trinajstić information content (AvgIpc) is 2.59. The van der Waals surface area contributed by atoms with Crippen LogP contribution in [0.4, 0.5) is 0 Å². The molecule has 0 fully saturated rings. The minimum atomic E-state index is 0.167. The zero-order valence-electron chi connectivity index (χ0n) is 9.92. The van der Waals surface area contributed by atoms with Gasteiger partial charge in [-0.05, 0) is 42.8 Å². The van der Waals surface area contributed by atoms with Gasteiger partial charge < -0.3 is 4.52 Å². The van der Waals surface area contributed by atoms with Crippen LogP contribution in [-0.2, 0) is 5.41 Å². The molecular formula is C13H13Br2NO. The molecule has 1 aromatic heterocycles. The Labute approximate surface area is 118 Å². The smallest absolute Gasteiger partial charge is 0.216 e. The van der Waals surface area contributed by atoms with Gasteiger partial charge in [-0.1, -0.05) is 50.2 Å². The van der Waals surface area contributed by atoms with E-state index < -0.39 is 0 Å². The summed E-state index contributed by atoms with van der Waals surface area (Å²) < 4.78 is 6.53. The van der Waals surface area contributed by atoms with Gasteiger partial charge in [0.2, 0.25) is 4.67 Å². The van der Waals surface area contributed by atoms with Crippen molar-refractivity contribution in [2.75, 3.05) is 0 Å². The number of halogens is 2. The van der Waals surface area contributed by atoms with Gasteiger partial charge in [-0.25, -0.2) is 0 Å². The van der Waals surface area contributed by atoms with Crippen molar-refractivity contribution >= 4 is 31.9 Å². The first-order valence-electron chi connectivity index (χ1n) is 5.31. The first-order valence-corrected chi connectivity index (χ1v) is 6.90. The number of aromatic nitrogens is 1. The van der Waals surface area contributed by atoms with Crippen LogP contribution in [0, 0.1) is 0 Å². The third-order valence-electron chi connectivity index (χ3n) is 2.62. The molecule has 2 nitrogen and oxygen atoms in total. The molecule has 0 unspecified atom stereocenters. The minimum absolute atomic E-state index is 0.167. The van der Waals surface area contributed by atoms with Gasteiger partial charge in [0, 0.05) is 5.56 Å². The van der Waals surface area contributed by atoms with Crippen LogP contribution in [0.25, 0.3) is 11.3 Å². The summed E-state index contributed by atoms with van der Waals surface area (Å²) in [5, 5.41) is 4.01. The van der Waals surface area contributed by atoms with Crippen molar-refractivity contribution in [2.24, 2.45) is 0 Å². The maximum Gasteiger partial charge on any atom is 0.216 e. The van der Waals surface area contributed by atoms with Crippen LogP contribution in [-0.4, -0.2) is 5.16 Å². The quantitative estimate of drug-likeness (QED) is 0.703. The SMILES string of the molecule is CC(C)(C)c1ccc(-c2noc(Br)c2Br)cc1. The Kier molecular flexibility index (Phi) is 3.46. The van der Waals surface area contributed by atoms with Crippen molar-refractivity contribution in [2.45, 2.75) is 26.2 Å². The van der Waals surface area contributed by atoms with Crippen LogP contribution in [0.2, 0.25) is 0 Å². The Morgan fingerprint density at radius 3 is 2.06 bits per heavy atom. The van der Waals surface area contributed by atoms with Crippen molar-refractivity contribution in [3.05, 3.63) is 39.0 Å². The van der Waals surface area contributed by atoms with Crippen LogP contribution in [0.1, 0.15) is 26.3 Å². The molecule has 0 amide bonds. The second kappa shape index (κ2) is 4.58. The lowest BCUT2D eigenvalue weighted by Crippen LogP contribution is -2.10. The highest BCUT2D eigenvalue weighted by atomic mass is 79.9. The summed E-state index contributed by atoms with van der Waals surface area (Å²) in [5.74, 6) is 0. The average molecular weight is 359 g/mol. The molecule has 17 heavy (non-hydrogen) atoms. The van der Waals surface area contributed by atoms with Gasteiger partial charge in [-0.15, -0.1) is 0 Å². The second-order valence-electron chi connectivity index (χ2n) is 4.95. The maximum absolute atomic E-state index is 5.07. The molecule has 0 saturated heterocycles. The lowest BCUT2D eigenvalue weighted by atomic mass is 9.86. The van der Waals surface area contributed by atoms with Crippen molar-refractivity contribution in [1.29, 1.82) is 0 Å². The third kappa shape index (κ3) is 2.63. The van der Waals surface area contributed by atoms with Crippen LogP contribution < -0.4 is 0 Å². The first-order chi connectivity index (χ1) is 7.89.